The number of rotatable bonds is 0. The molecule has 0 radical (unpaired) electrons. The summed E-state index contributed by atoms with van der Waals surface area (Å²) in [6.07, 6.45) is 6.66. The van der Waals surface area contributed by atoms with Gasteiger partial charge in [-0.05, 0) is 0 Å². The van der Waals surface area contributed by atoms with Crippen LogP contribution in [0.25, 0.3) is 0 Å². The Labute approximate surface area is 104 Å². The molecule has 0 saturated heterocycles. The van der Waals surface area contributed by atoms with Gasteiger partial charge < -0.3 is 23.4 Å². The summed E-state index contributed by atoms with van der Waals surface area (Å²) in [7, 11) is 0. The molecule has 1 saturated carbocycles. The topological polar surface area (TPSA) is 0 Å². The van der Waals surface area contributed by atoms with Crippen molar-refractivity contribution in [2.45, 2.75) is 47.0 Å². The maximum absolute atomic E-state index is 2.52. The summed E-state index contributed by atoms with van der Waals surface area (Å²) >= 11 is 0. The third-order valence-electron chi connectivity index (χ3n) is 2.42. The standard InChI is InChI=1S/C10H19.BrH.Mg/c1-9(2)6-5-7-10(3,4)8-9;;/h8H,5-7H2,1-4H3;1H;/q-1;;+2/p-1. The van der Waals surface area contributed by atoms with E-state index in [1.807, 2.05) is 0 Å². The van der Waals surface area contributed by atoms with E-state index in [0.717, 1.165) is 0 Å². The zero-order valence-electron chi connectivity index (χ0n) is 8.78. The Balaban J connectivity index is 0. The van der Waals surface area contributed by atoms with Crippen LogP contribution in [0.15, 0.2) is 0 Å². The third-order valence-corrected chi connectivity index (χ3v) is 2.42. The van der Waals surface area contributed by atoms with Gasteiger partial charge in [-0.3, -0.25) is 0 Å². The largest absolute Gasteiger partial charge is 2.00 e. The summed E-state index contributed by atoms with van der Waals surface area (Å²) in [5.74, 6) is 0. The molecule has 2 heteroatoms. The van der Waals surface area contributed by atoms with Gasteiger partial charge in [0.2, 0.25) is 0 Å². The van der Waals surface area contributed by atoms with E-state index >= 15 is 0 Å². The van der Waals surface area contributed by atoms with Gasteiger partial charge in [0, 0.05) is 0 Å². The van der Waals surface area contributed by atoms with E-state index < -0.39 is 0 Å². The fourth-order valence-electron chi connectivity index (χ4n) is 2.20. The van der Waals surface area contributed by atoms with Gasteiger partial charge in [-0.25, -0.2) is 0 Å². The molecule has 0 heterocycles. The van der Waals surface area contributed by atoms with Gasteiger partial charge in [-0.2, -0.15) is 10.8 Å². The molecule has 0 unspecified atom stereocenters. The second-order valence-corrected chi connectivity index (χ2v) is 4.98. The average Bonchev–Trinajstić information content (AvgIpc) is 1.56. The smallest absolute Gasteiger partial charge is 1.00 e. The van der Waals surface area contributed by atoms with Crippen LogP contribution < -0.4 is 17.0 Å². The molecule has 12 heavy (non-hydrogen) atoms. The van der Waals surface area contributed by atoms with Gasteiger partial charge in [0.25, 0.3) is 0 Å². The van der Waals surface area contributed by atoms with Crippen molar-refractivity contribution in [3.8, 4) is 0 Å². The van der Waals surface area contributed by atoms with Gasteiger partial charge in [-0.15, -0.1) is 0 Å². The molecule has 0 aliphatic heterocycles. The minimum Gasteiger partial charge on any atom is -1.00 e. The van der Waals surface area contributed by atoms with E-state index in [0.29, 0.717) is 10.8 Å². The first kappa shape index (κ1) is 15.7. The Hall–Kier alpha value is 1.25. The second kappa shape index (κ2) is 5.21. The Morgan fingerprint density at radius 2 is 1.25 bits per heavy atom. The van der Waals surface area contributed by atoms with Crippen LogP contribution in [-0.4, -0.2) is 23.1 Å². The van der Waals surface area contributed by atoms with Crippen LogP contribution in [-0.2, 0) is 0 Å². The van der Waals surface area contributed by atoms with E-state index in [-0.39, 0.29) is 40.0 Å². The van der Waals surface area contributed by atoms with Gasteiger partial charge in [0.15, 0.2) is 0 Å². The maximum Gasteiger partial charge on any atom is 2.00 e. The Kier molecular flexibility index (Phi) is 6.82. The number of hydrogen-bond donors (Lipinski definition) is 0. The Morgan fingerprint density at radius 3 is 1.42 bits per heavy atom. The van der Waals surface area contributed by atoms with E-state index in [1.165, 1.54) is 19.3 Å². The van der Waals surface area contributed by atoms with Crippen molar-refractivity contribution in [3.05, 3.63) is 6.42 Å². The first-order valence-electron chi connectivity index (χ1n) is 4.28. The predicted molar refractivity (Wildman–Crippen MR) is 51.5 cm³/mol. The average molecular weight is 243 g/mol. The van der Waals surface area contributed by atoms with Crippen LogP contribution >= 0.6 is 0 Å². The molecule has 0 spiro atoms. The fourth-order valence-corrected chi connectivity index (χ4v) is 2.20. The van der Waals surface area contributed by atoms with Gasteiger partial charge >= 0.3 is 23.1 Å². The summed E-state index contributed by atoms with van der Waals surface area (Å²) in [6, 6.07) is 0. The maximum atomic E-state index is 2.52. The van der Waals surface area contributed by atoms with Crippen LogP contribution in [0.1, 0.15) is 47.0 Å². The fraction of sp³-hybridized carbons (Fsp3) is 0.900. The third kappa shape index (κ3) is 5.08. The van der Waals surface area contributed by atoms with Crippen molar-refractivity contribution in [2.24, 2.45) is 10.8 Å². The van der Waals surface area contributed by atoms with Crippen LogP contribution in [0.5, 0.6) is 0 Å². The van der Waals surface area contributed by atoms with Gasteiger partial charge in [0.05, 0.1) is 0 Å². The molecule has 1 rings (SSSR count). The SMILES string of the molecule is CC1(C)[CH-]C(C)(C)CCC1.[Br-].[Mg+2]. The van der Waals surface area contributed by atoms with Crippen LogP contribution in [0.3, 0.4) is 0 Å². The first-order chi connectivity index (χ1) is 4.41. The molecule has 0 aromatic heterocycles. The van der Waals surface area contributed by atoms with Crippen molar-refractivity contribution in [2.75, 3.05) is 0 Å². The van der Waals surface area contributed by atoms with Crippen LogP contribution in [0, 0.1) is 17.3 Å². The zero-order chi connectivity index (χ0) is 7.83. The van der Waals surface area contributed by atoms with Crippen molar-refractivity contribution in [1.82, 2.24) is 0 Å². The molecule has 0 nitrogen and oxygen atoms in total. The molecule has 1 fully saturated rings. The zero-order valence-corrected chi connectivity index (χ0v) is 11.8. The normalized spacial score (nSPS) is 25.0. The molecule has 1 aliphatic carbocycles. The molecule has 0 bridgehead atoms. The number of hydrogen-bond acceptors (Lipinski definition) is 0. The molecule has 68 valence electrons. The van der Waals surface area contributed by atoms with Crippen LogP contribution in [0.4, 0.5) is 0 Å². The summed E-state index contributed by atoms with van der Waals surface area (Å²) in [5, 5.41) is 0. The second-order valence-electron chi connectivity index (χ2n) is 4.98. The Morgan fingerprint density at radius 1 is 0.917 bits per heavy atom. The first-order valence-corrected chi connectivity index (χ1v) is 4.28. The molecular formula is C10H19BrMg. The van der Waals surface area contributed by atoms with Crippen molar-refractivity contribution in [3.63, 3.8) is 0 Å². The van der Waals surface area contributed by atoms with E-state index in [1.54, 1.807) is 0 Å². The number of halogens is 1. The van der Waals surface area contributed by atoms with Gasteiger partial charge in [0.1, 0.15) is 0 Å². The predicted octanol–water partition coefficient (Wildman–Crippen LogP) is 0.0502. The van der Waals surface area contributed by atoms with Gasteiger partial charge in [-0.1, -0.05) is 47.0 Å². The summed E-state index contributed by atoms with van der Waals surface area (Å²) in [4.78, 5) is 0. The molecular weight excluding hydrogens is 224 g/mol. The quantitative estimate of drug-likeness (QED) is 0.417. The molecule has 0 aromatic carbocycles. The monoisotopic (exact) mass is 242 g/mol. The van der Waals surface area contributed by atoms with Crippen molar-refractivity contribution >= 4 is 23.1 Å². The van der Waals surface area contributed by atoms with E-state index in [2.05, 4.69) is 34.1 Å². The van der Waals surface area contributed by atoms with Crippen molar-refractivity contribution < 1.29 is 17.0 Å². The van der Waals surface area contributed by atoms with E-state index in [4.69, 9.17) is 0 Å². The van der Waals surface area contributed by atoms with E-state index in [9.17, 15) is 0 Å². The summed E-state index contributed by atoms with van der Waals surface area (Å²) < 4.78 is 0. The molecule has 0 aromatic rings. The Bertz CT molecular complexity index is 116. The minimum absolute atomic E-state index is 0. The van der Waals surface area contributed by atoms with Crippen molar-refractivity contribution in [1.29, 1.82) is 0 Å². The minimum atomic E-state index is 0. The molecule has 1 aliphatic rings. The molecule has 0 atom stereocenters. The van der Waals surface area contributed by atoms with Crippen LogP contribution in [0.2, 0.25) is 0 Å². The molecule has 0 N–H and O–H groups in total. The molecule has 0 amide bonds. The summed E-state index contributed by atoms with van der Waals surface area (Å²) in [5.41, 5.74) is 0.976. The summed E-state index contributed by atoms with van der Waals surface area (Å²) in [6.45, 7) is 9.36.